The largest absolute Gasteiger partial charge is 0.417 e. The Balaban J connectivity index is 1.81. The third-order valence-electron chi connectivity index (χ3n) is 3.26. The van der Waals surface area contributed by atoms with E-state index in [2.05, 4.69) is 10.3 Å². The first-order valence-electron chi connectivity index (χ1n) is 6.01. The van der Waals surface area contributed by atoms with Crippen LogP contribution in [0.3, 0.4) is 0 Å². The van der Waals surface area contributed by atoms with Gasteiger partial charge >= 0.3 is 6.18 Å². The topological polar surface area (TPSA) is 65.5 Å². The molecule has 0 radical (unpaired) electrons. The van der Waals surface area contributed by atoms with Crippen molar-refractivity contribution in [2.75, 3.05) is 25.0 Å². The lowest BCUT2D eigenvalue weighted by molar-refractivity contribution is -0.272. The van der Waals surface area contributed by atoms with Gasteiger partial charge in [-0.25, -0.2) is 4.98 Å². The van der Waals surface area contributed by atoms with E-state index >= 15 is 0 Å². The molecule has 0 aromatic carbocycles. The molecule has 1 aliphatic heterocycles. The number of aromatic nitrogens is 1. The van der Waals surface area contributed by atoms with E-state index in [1.54, 1.807) is 16.5 Å². The van der Waals surface area contributed by atoms with Crippen LogP contribution in [0, 0.1) is 0 Å². The van der Waals surface area contributed by atoms with E-state index in [-0.39, 0.29) is 25.5 Å². The van der Waals surface area contributed by atoms with E-state index in [9.17, 15) is 23.1 Å². The van der Waals surface area contributed by atoms with Gasteiger partial charge in [0.1, 0.15) is 0 Å². The third kappa shape index (κ3) is 3.47. The Morgan fingerprint density at radius 3 is 2.65 bits per heavy atom. The van der Waals surface area contributed by atoms with E-state index in [0.29, 0.717) is 5.13 Å². The highest BCUT2D eigenvalue weighted by atomic mass is 32.1. The summed E-state index contributed by atoms with van der Waals surface area (Å²) in [7, 11) is 0. The minimum absolute atomic E-state index is 0.00643. The molecule has 2 heterocycles. The van der Waals surface area contributed by atoms with Gasteiger partial charge < -0.3 is 10.4 Å². The molecule has 2 rings (SSSR count). The molecule has 0 bridgehead atoms. The third-order valence-corrected chi connectivity index (χ3v) is 3.95. The van der Waals surface area contributed by atoms with Gasteiger partial charge in [-0.3, -0.25) is 9.69 Å². The summed E-state index contributed by atoms with van der Waals surface area (Å²) < 4.78 is 37.8. The molecule has 0 saturated carbocycles. The van der Waals surface area contributed by atoms with Gasteiger partial charge in [0.15, 0.2) is 10.7 Å². The van der Waals surface area contributed by atoms with Crippen LogP contribution in [0.15, 0.2) is 11.6 Å². The Kier molecular flexibility index (Phi) is 4.31. The summed E-state index contributed by atoms with van der Waals surface area (Å²) in [4.78, 5) is 17.1. The van der Waals surface area contributed by atoms with Crippen molar-refractivity contribution < 1.29 is 23.1 Å². The zero-order valence-electron chi connectivity index (χ0n) is 10.5. The van der Waals surface area contributed by atoms with Crippen LogP contribution in [-0.4, -0.2) is 52.3 Å². The number of carbonyl (C=O) groups excluding carboxylic acids is 1. The monoisotopic (exact) mass is 309 g/mol. The number of amides is 1. The number of alkyl halides is 3. The molecule has 9 heteroatoms. The minimum Gasteiger partial charge on any atom is -0.380 e. The smallest absolute Gasteiger partial charge is 0.380 e. The van der Waals surface area contributed by atoms with Crippen LogP contribution in [0.25, 0.3) is 0 Å². The maximum absolute atomic E-state index is 12.6. The molecule has 1 aromatic heterocycles. The number of likely N-dealkylation sites (tertiary alicyclic amines) is 1. The molecule has 0 spiro atoms. The van der Waals surface area contributed by atoms with Crippen LogP contribution in [0.2, 0.25) is 0 Å². The number of aliphatic hydroxyl groups is 1. The van der Waals surface area contributed by atoms with Gasteiger partial charge in [0.2, 0.25) is 5.91 Å². The Morgan fingerprint density at radius 1 is 1.50 bits per heavy atom. The van der Waals surface area contributed by atoms with Crippen molar-refractivity contribution in [3.05, 3.63) is 11.6 Å². The fourth-order valence-corrected chi connectivity index (χ4v) is 2.56. The van der Waals surface area contributed by atoms with Crippen LogP contribution < -0.4 is 5.32 Å². The van der Waals surface area contributed by atoms with Crippen LogP contribution in [0.5, 0.6) is 0 Å². The molecule has 1 aliphatic rings. The Morgan fingerprint density at radius 2 is 2.15 bits per heavy atom. The molecule has 1 fully saturated rings. The van der Waals surface area contributed by atoms with E-state index in [4.69, 9.17) is 0 Å². The summed E-state index contributed by atoms with van der Waals surface area (Å²) in [6.45, 7) is 0.0517. The van der Waals surface area contributed by atoms with Gasteiger partial charge in [0, 0.05) is 24.7 Å². The van der Waals surface area contributed by atoms with Crippen molar-refractivity contribution >= 4 is 22.4 Å². The SMILES string of the molecule is O=C(CN1CCC(O)(C(F)(F)F)CC1)Nc1nccs1. The van der Waals surface area contributed by atoms with Crippen molar-refractivity contribution in [1.29, 1.82) is 0 Å². The summed E-state index contributed by atoms with van der Waals surface area (Å²) in [5.74, 6) is -0.322. The molecule has 2 N–H and O–H groups in total. The molecule has 20 heavy (non-hydrogen) atoms. The van der Waals surface area contributed by atoms with Gasteiger partial charge in [0.25, 0.3) is 0 Å². The molecule has 0 unspecified atom stereocenters. The Labute approximate surface area is 117 Å². The van der Waals surface area contributed by atoms with Crippen molar-refractivity contribution in [2.45, 2.75) is 24.6 Å². The summed E-state index contributed by atoms with van der Waals surface area (Å²) in [5, 5.41) is 14.2. The van der Waals surface area contributed by atoms with Crippen LogP contribution in [0.4, 0.5) is 18.3 Å². The second-order valence-electron chi connectivity index (χ2n) is 4.69. The van der Waals surface area contributed by atoms with Gasteiger partial charge in [-0.05, 0) is 12.8 Å². The van der Waals surface area contributed by atoms with Gasteiger partial charge in [-0.1, -0.05) is 0 Å². The zero-order valence-corrected chi connectivity index (χ0v) is 11.3. The quantitative estimate of drug-likeness (QED) is 0.887. The minimum atomic E-state index is -4.62. The number of rotatable bonds is 3. The highest BCUT2D eigenvalue weighted by molar-refractivity contribution is 7.13. The lowest BCUT2D eigenvalue weighted by atomic mass is 9.91. The van der Waals surface area contributed by atoms with Gasteiger partial charge in [0.05, 0.1) is 6.54 Å². The Bertz CT molecular complexity index is 456. The maximum Gasteiger partial charge on any atom is 0.417 e. The lowest BCUT2D eigenvalue weighted by Crippen LogP contribution is -2.54. The van der Waals surface area contributed by atoms with Gasteiger partial charge in [-0.2, -0.15) is 13.2 Å². The van der Waals surface area contributed by atoms with Crippen LogP contribution in [0.1, 0.15) is 12.8 Å². The standard InChI is InChI=1S/C11H14F3N3O2S/c12-11(13,14)10(19)1-4-17(5-2-10)7-8(18)16-9-15-3-6-20-9/h3,6,19H,1-2,4-5,7H2,(H,15,16,18). The first-order chi connectivity index (χ1) is 9.30. The second kappa shape index (κ2) is 5.66. The van der Waals surface area contributed by atoms with Crippen molar-refractivity contribution in [2.24, 2.45) is 0 Å². The number of piperidine rings is 1. The van der Waals surface area contributed by atoms with Crippen LogP contribution in [-0.2, 0) is 4.79 Å². The predicted octanol–water partition coefficient (Wildman–Crippen LogP) is 1.47. The van der Waals surface area contributed by atoms with Crippen molar-refractivity contribution in [3.8, 4) is 0 Å². The average Bonchev–Trinajstić information content (AvgIpc) is 2.83. The first kappa shape index (κ1) is 15.2. The van der Waals surface area contributed by atoms with Crippen LogP contribution >= 0.6 is 11.3 Å². The zero-order chi connectivity index (χ0) is 14.8. The predicted molar refractivity (Wildman–Crippen MR) is 67.4 cm³/mol. The first-order valence-corrected chi connectivity index (χ1v) is 6.89. The number of nitrogens with one attached hydrogen (secondary N) is 1. The molecule has 1 saturated heterocycles. The summed E-state index contributed by atoms with van der Waals surface area (Å²) in [6, 6.07) is 0. The summed E-state index contributed by atoms with van der Waals surface area (Å²) in [6.07, 6.45) is -3.91. The molecular weight excluding hydrogens is 295 g/mol. The number of anilines is 1. The number of hydrogen-bond acceptors (Lipinski definition) is 5. The molecule has 1 amide bonds. The maximum atomic E-state index is 12.6. The molecule has 0 atom stereocenters. The normalized spacial score (nSPS) is 19.8. The summed E-state index contributed by atoms with van der Waals surface area (Å²) >= 11 is 1.27. The molecular formula is C11H14F3N3O2S. The summed E-state index contributed by atoms with van der Waals surface area (Å²) in [5.41, 5.74) is -2.63. The van der Waals surface area contributed by atoms with E-state index in [0.717, 1.165) is 0 Å². The molecule has 112 valence electrons. The Hall–Kier alpha value is -1.19. The van der Waals surface area contributed by atoms with E-state index in [1.165, 1.54) is 11.3 Å². The highest BCUT2D eigenvalue weighted by Crippen LogP contribution is 2.38. The fraction of sp³-hybridized carbons (Fsp3) is 0.636. The fourth-order valence-electron chi connectivity index (χ4n) is 2.01. The van der Waals surface area contributed by atoms with Crippen molar-refractivity contribution in [3.63, 3.8) is 0 Å². The highest BCUT2D eigenvalue weighted by Gasteiger charge is 2.54. The lowest BCUT2D eigenvalue weighted by Gasteiger charge is -2.38. The second-order valence-corrected chi connectivity index (χ2v) is 5.59. The molecule has 5 nitrogen and oxygen atoms in total. The number of thiazole rings is 1. The number of carbonyl (C=O) groups is 1. The number of nitrogens with zero attached hydrogens (tertiary/aromatic N) is 2. The number of halogens is 3. The van der Waals surface area contributed by atoms with Gasteiger partial charge in [-0.15, -0.1) is 11.3 Å². The van der Waals surface area contributed by atoms with E-state index in [1.807, 2.05) is 0 Å². The average molecular weight is 309 g/mol. The van der Waals surface area contributed by atoms with E-state index < -0.39 is 24.6 Å². The number of hydrogen-bond donors (Lipinski definition) is 2. The van der Waals surface area contributed by atoms with Crippen molar-refractivity contribution in [1.82, 2.24) is 9.88 Å². The molecule has 1 aromatic rings. The molecule has 0 aliphatic carbocycles.